The Morgan fingerprint density at radius 2 is 1.54 bits per heavy atom. The third-order valence-electron chi connectivity index (χ3n) is 7.82. The number of hydrogen-bond donors (Lipinski definition) is 2. The van der Waals surface area contributed by atoms with Gasteiger partial charge in [-0.05, 0) is 91.1 Å². The minimum absolute atomic E-state index is 0.0727. The Morgan fingerprint density at radius 3 is 2.06 bits per heavy atom. The number of phenolic OH excluding ortho intramolecular Hbond substituents is 1. The second-order valence-corrected chi connectivity index (χ2v) is 13.8. The predicted molar refractivity (Wildman–Crippen MR) is 194 cm³/mol. The summed E-state index contributed by atoms with van der Waals surface area (Å²) in [5.74, 6) is 0.768. The summed E-state index contributed by atoms with van der Waals surface area (Å²) in [5, 5.41) is 11.6. The first-order valence-electron chi connectivity index (χ1n) is 16.5. The number of ether oxygens (including phenoxy) is 3. The van der Waals surface area contributed by atoms with E-state index in [9.17, 15) is 14.4 Å². The fourth-order valence-electron chi connectivity index (χ4n) is 4.36. The van der Waals surface area contributed by atoms with Gasteiger partial charge in [-0.1, -0.05) is 60.2 Å². The average molecular weight is 693 g/mol. The molecule has 0 spiro atoms. The smallest absolute Gasteiger partial charge is 0.498 e. The maximum absolute atomic E-state index is 12.2. The molecule has 272 valence electrons. The van der Waals surface area contributed by atoms with Crippen LogP contribution in [0.4, 0.5) is 4.79 Å². The van der Waals surface area contributed by atoms with Crippen molar-refractivity contribution in [3.63, 3.8) is 0 Å². The molecule has 0 saturated carbocycles. The molecule has 50 heavy (non-hydrogen) atoms. The molecule has 11 nitrogen and oxygen atoms in total. The SMILES string of the molecule is COc1ccc(CCNC(=O)CN(C)C(=O)OC(C)(C)C)cc1B1OC(C)(C)C(C)(C)O1.Cc1ccc(O)cc1.O=COCc1ccccc1. The maximum Gasteiger partial charge on any atom is 0.498 e. The molecular weight excluding hydrogens is 639 g/mol. The van der Waals surface area contributed by atoms with Crippen LogP contribution in [0, 0.1) is 6.92 Å². The average Bonchev–Trinajstić information content (AvgIpc) is 3.27. The number of nitrogens with one attached hydrogen (secondary N) is 1. The van der Waals surface area contributed by atoms with Crippen LogP contribution in [0.2, 0.25) is 0 Å². The van der Waals surface area contributed by atoms with Gasteiger partial charge in [0.2, 0.25) is 5.91 Å². The number of nitrogens with zero attached hydrogens (tertiary/aromatic N) is 1. The molecule has 1 aliphatic rings. The summed E-state index contributed by atoms with van der Waals surface area (Å²) >= 11 is 0. The highest BCUT2D eigenvalue weighted by Gasteiger charge is 2.52. The molecule has 1 aliphatic heterocycles. The maximum atomic E-state index is 12.2. The number of likely N-dealkylation sites (N-methyl/N-ethyl adjacent to an activating group) is 1. The number of methoxy groups -OCH3 is 1. The number of carbonyl (C=O) groups excluding carboxylic acids is 3. The number of aryl methyl sites for hydroxylation is 1. The summed E-state index contributed by atoms with van der Waals surface area (Å²) in [6, 6.07) is 22.5. The first-order chi connectivity index (χ1) is 23.4. The first kappa shape index (κ1) is 41.6. The van der Waals surface area contributed by atoms with Gasteiger partial charge in [-0.15, -0.1) is 0 Å². The zero-order chi connectivity index (χ0) is 37.5. The summed E-state index contributed by atoms with van der Waals surface area (Å²) in [6.07, 6.45) is 0.0770. The van der Waals surface area contributed by atoms with Gasteiger partial charge in [-0.25, -0.2) is 4.79 Å². The van der Waals surface area contributed by atoms with E-state index in [1.165, 1.54) is 17.5 Å². The van der Waals surface area contributed by atoms with Gasteiger partial charge in [0.05, 0.1) is 18.3 Å². The van der Waals surface area contributed by atoms with Crippen LogP contribution < -0.4 is 15.5 Å². The lowest BCUT2D eigenvalue weighted by atomic mass is 9.77. The molecule has 1 saturated heterocycles. The lowest BCUT2D eigenvalue weighted by molar-refractivity contribution is -0.129. The summed E-state index contributed by atoms with van der Waals surface area (Å²) in [4.78, 5) is 35.2. The normalized spacial score (nSPS) is 14.2. The van der Waals surface area contributed by atoms with Gasteiger partial charge in [-0.3, -0.25) is 9.59 Å². The summed E-state index contributed by atoms with van der Waals surface area (Å²) in [7, 11) is 2.62. The number of rotatable bonds is 10. The van der Waals surface area contributed by atoms with E-state index in [0.29, 0.717) is 37.5 Å². The van der Waals surface area contributed by atoms with Crippen LogP contribution >= 0.6 is 0 Å². The minimum atomic E-state index is -0.606. The number of phenols is 1. The highest BCUT2D eigenvalue weighted by Crippen LogP contribution is 2.37. The quantitative estimate of drug-likeness (QED) is 0.207. The van der Waals surface area contributed by atoms with Crippen LogP contribution in [-0.4, -0.2) is 79.6 Å². The van der Waals surface area contributed by atoms with Crippen LogP contribution in [0.25, 0.3) is 0 Å². The van der Waals surface area contributed by atoms with Gasteiger partial charge >= 0.3 is 13.2 Å². The van der Waals surface area contributed by atoms with E-state index in [1.54, 1.807) is 40.0 Å². The van der Waals surface area contributed by atoms with E-state index in [1.807, 2.05) is 95.3 Å². The third kappa shape index (κ3) is 14.1. The van der Waals surface area contributed by atoms with Crippen molar-refractivity contribution >= 4 is 31.1 Å². The first-order valence-corrected chi connectivity index (χ1v) is 16.5. The van der Waals surface area contributed by atoms with Gasteiger partial charge in [0.1, 0.15) is 30.3 Å². The largest absolute Gasteiger partial charge is 0.508 e. The zero-order valence-electron chi connectivity index (χ0n) is 31.1. The Kier molecular flexibility index (Phi) is 15.8. The summed E-state index contributed by atoms with van der Waals surface area (Å²) < 4.78 is 27.7. The van der Waals surface area contributed by atoms with Crippen molar-refractivity contribution in [1.82, 2.24) is 10.2 Å². The second-order valence-electron chi connectivity index (χ2n) is 13.8. The predicted octanol–water partition coefficient (Wildman–Crippen LogP) is 5.58. The standard InChI is InChI=1S/C23H37BN2O6.C8H8O2.C7H8O/c1-21(2,3)30-20(28)26(8)15-19(27)25-13-12-16-10-11-18(29-9)17(14-16)24-31-22(4,5)23(6,7)32-24;9-7-10-6-8-4-2-1-3-5-8;1-6-2-4-7(8)5-3-6/h10-11,14H,12-13,15H2,1-9H3,(H,25,27);1-5,7H,6H2;2-5,8H,1H3. The number of amides is 2. The fourth-order valence-corrected chi connectivity index (χ4v) is 4.36. The second kappa shape index (κ2) is 19.0. The van der Waals surface area contributed by atoms with Crippen LogP contribution in [0.5, 0.6) is 11.5 Å². The summed E-state index contributed by atoms with van der Waals surface area (Å²) in [5.41, 5.74) is 2.50. The fraction of sp³-hybridized carbons (Fsp3) is 0.447. The lowest BCUT2D eigenvalue weighted by Gasteiger charge is -2.32. The van der Waals surface area contributed by atoms with Crippen molar-refractivity contribution in [3.05, 3.63) is 89.5 Å². The number of benzene rings is 3. The Balaban J connectivity index is 0.000000387. The van der Waals surface area contributed by atoms with E-state index in [0.717, 1.165) is 16.6 Å². The van der Waals surface area contributed by atoms with Crippen molar-refractivity contribution in [1.29, 1.82) is 0 Å². The molecule has 3 aromatic rings. The highest BCUT2D eigenvalue weighted by molar-refractivity contribution is 6.63. The molecule has 0 bridgehead atoms. The van der Waals surface area contributed by atoms with Crippen molar-refractivity contribution in [3.8, 4) is 11.5 Å². The van der Waals surface area contributed by atoms with E-state index in [-0.39, 0.29) is 12.5 Å². The monoisotopic (exact) mass is 692 g/mol. The molecule has 1 fully saturated rings. The molecule has 12 heteroatoms. The topological polar surface area (TPSA) is 133 Å². The van der Waals surface area contributed by atoms with Crippen LogP contribution in [-0.2, 0) is 41.4 Å². The summed E-state index contributed by atoms with van der Waals surface area (Å²) in [6.45, 7) is 16.5. The number of carbonyl (C=O) groups is 3. The molecule has 0 aliphatic carbocycles. The van der Waals surface area contributed by atoms with Gasteiger partial charge in [-0.2, -0.15) is 0 Å². The number of aromatic hydroxyl groups is 1. The van der Waals surface area contributed by atoms with Crippen molar-refractivity contribution in [2.75, 3.05) is 27.2 Å². The van der Waals surface area contributed by atoms with Crippen molar-refractivity contribution in [2.45, 2.75) is 85.2 Å². The molecule has 0 unspecified atom stereocenters. The van der Waals surface area contributed by atoms with Crippen LogP contribution in [0.15, 0.2) is 72.8 Å². The van der Waals surface area contributed by atoms with E-state index in [2.05, 4.69) is 10.1 Å². The molecule has 0 atom stereocenters. The lowest BCUT2D eigenvalue weighted by Crippen LogP contribution is -2.41. The van der Waals surface area contributed by atoms with Gasteiger partial charge in [0.15, 0.2) is 0 Å². The van der Waals surface area contributed by atoms with E-state index >= 15 is 0 Å². The molecule has 2 N–H and O–H groups in total. The van der Waals surface area contributed by atoms with Crippen LogP contribution in [0.1, 0.15) is 65.2 Å². The van der Waals surface area contributed by atoms with Crippen molar-refractivity contribution in [2.24, 2.45) is 0 Å². The van der Waals surface area contributed by atoms with E-state index < -0.39 is 30.0 Å². The molecule has 4 rings (SSSR count). The Morgan fingerprint density at radius 1 is 0.940 bits per heavy atom. The van der Waals surface area contributed by atoms with Gasteiger partial charge < -0.3 is 38.8 Å². The Labute approximate surface area is 297 Å². The Hall–Kier alpha value is -4.55. The molecule has 1 heterocycles. The Bertz CT molecular complexity index is 1470. The highest BCUT2D eigenvalue weighted by atomic mass is 16.7. The number of hydrogen-bond acceptors (Lipinski definition) is 9. The molecule has 0 aromatic heterocycles. The minimum Gasteiger partial charge on any atom is -0.508 e. The zero-order valence-corrected chi connectivity index (χ0v) is 31.1. The molecular formula is C38H53BN2O9. The van der Waals surface area contributed by atoms with Gasteiger partial charge in [0, 0.05) is 19.1 Å². The van der Waals surface area contributed by atoms with Crippen molar-refractivity contribution < 1.29 is 43.0 Å². The molecule has 3 aromatic carbocycles. The van der Waals surface area contributed by atoms with Gasteiger partial charge in [0.25, 0.3) is 6.47 Å². The van der Waals surface area contributed by atoms with E-state index in [4.69, 9.17) is 23.9 Å². The van der Waals surface area contributed by atoms with Crippen LogP contribution in [0.3, 0.4) is 0 Å². The molecule has 0 radical (unpaired) electrons. The third-order valence-corrected chi connectivity index (χ3v) is 7.82. The molecule has 2 amide bonds.